The molecule has 7 nitrogen and oxygen atoms in total. The highest BCUT2D eigenvalue weighted by molar-refractivity contribution is 5.85. The van der Waals surface area contributed by atoms with E-state index in [9.17, 15) is 9.90 Å². The van der Waals surface area contributed by atoms with Gasteiger partial charge in [-0.05, 0) is 6.92 Å². The monoisotopic (exact) mass is 267 g/mol. The van der Waals surface area contributed by atoms with Gasteiger partial charge in [-0.2, -0.15) is 0 Å². The fourth-order valence-corrected chi connectivity index (χ4v) is 1.99. The molecule has 1 aromatic rings. The minimum Gasteiger partial charge on any atom is -0.463 e. The number of hydrogen-bond acceptors (Lipinski definition) is 7. The first-order chi connectivity index (χ1) is 9.15. The van der Waals surface area contributed by atoms with E-state index in [4.69, 9.17) is 4.74 Å². The summed E-state index contributed by atoms with van der Waals surface area (Å²) in [5, 5.41) is 9.36. The van der Waals surface area contributed by atoms with Gasteiger partial charge in [-0.15, -0.1) is 0 Å². The highest BCUT2D eigenvalue weighted by Gasteiger charge is 2.25. The van der Waals surface area contributed by atoms with Gasteiger partial charge in [0.15, 0.2) is 0 Å². The summed E-state index contributed by atoms with van der Waals surface area (Å²) in [6, 6.07) is 1.62. The van der Waals surface area contributed by atoms with Crippen molar-refractivity contribution in [1.82, 2.24) is 9.97 Å². The topological polar surface area (TPSA) is 84.8 Å². The molecule has 0 amide bonds. The van der Waals surface area contributed by atoms with Crippen molar-refractivity contribution in [2.75, 3.05) is 38.4 Å². The van der Waals surface area contributed by atoms with Gasteiger partial charge in [-0.3, -0.25) is 0 Å². The number of ether oxygens (including phenoxy) is 2. The number of aliphatic hydroxyl groups is 1. The number of rotatable bonds is 3. The van der Waals surface area contributed by atoms with Crippen molar-refractivity contribution in [2.24, 2.45) is 0 Å². The number of esters is 1. The van der Waals surface area contributed by atoms with Crippen molar-refractivity contribution >= 4 is 11.8 Å². The largest absolute Gasteiger partial charge is 0.463 e. The van der Waals surface area contributed by atoms with Gasteiger partial charge in [0.05, 0.1) is 33.0 Å². The van der Waals surface area contributed by atoms with Crippen LogP contribution < -0.4 is 4.90 Å². The van der Waals surface area contributed by atoms with Crippen LogP contribution in [-0.2, 0) is 9.47 Å². The van der Waals surface area contributed by atoms with Gasteiger partial charge in [0.1, 0.15) is 5.82 Å². The summed E-state index contributed by atoms with van der Waals surface area (Å²) in [7, 11) is 1.29. The molecular weight excluding hydrogens is 250 g/mol. The van der Waals surface area contributed by atoms with Crippen molar-refractivity contribution in [2.45, 2.75) is 13.0 Å². The minimum absolute atomic E-state index is 0.0284. The number of hydrogen-bond donors (Lipinski definition) is 1. The average Bonchev–Trinajstić information content (AvgIpc) is 2.45. The molecule has 7 heteroatoms. The van der Waals surface area contributed by atoms with Crippen molar-refractivity contribution in [3.63, 3.8) is 0 Å². The maximum absolute atomic E-state index is 11.5. The molecule has 1 atom stereocenters. The van der Waals surface area contributed by atoms with Crippen LogP contribution in [0.5, 0.6) is 0 Å². The predicted octanol–water partition coefficient (Wildman–Crippen LogP) is -0.231. The molecule has 2 heterocycles. The smallest absolute Gasteiger partial charge is 0.376 e. The molecular formula is C12H17N3O4. The van der Waals surface area contributed by atoms with Crippen molar-refractivity contribution in [3.8, 4) is 0 Å². The lowest BCUT2D eigenvalue weighted by Crippen LogP contribution is -2.48. The molecule has 1 aromatic heterocycles. The van der Waals surface area contributed by atoms with Crippen LogP contribution >= 0.6 is 0 Å². The summed E-state index contributed by atoms with van der Waals surface area (Å²) in [6.07, 6.45) is 0. The molecule has 1 unspecified atom stereocenters. The summed E-state index contributed by atoms with van der Waals surface area (Å²) < 4.78 is 9.95. The Kier molecular flexibility index (Phi) is 4.28. The molecule has 0 aliphatic carbocycles. The summed E-state index contributed by atoms with van der Waals surface area (Å²) in [5.41, 5.74) is 0.675. The number of aromatic nitrogens is 2. The molecule has 1 saturated heterocycles. The zero-order chi connectivity index (χ0) is 13.8. The fourth-order valence-electron chi connectivity index (χ4n) is 1.99. The van der Waals surface area contributed by atoms with Gasteiger partial charge >= 0.3 is 5.97 Å². The maximum atomic E-state index is 11.5. The van der Waals surface area contributed by atoms with E-state index in [-0.39, 0.29) is 18.5 Å². The quantitative estimate of drug-likeness (QED) is 0.757. The lowest BCUT2D eigenvalue weighted by atomic mass is 10.2. The molecule has 0 aromatic carbocycles. The Morgan fingerprint density at radius 2 is 2.42 bits per heavy atom. The Labute approximate surface area is 111 Å². The number of anilines is 1. The van der Waals surface area contributed by atoms with Gasteiger partial charge < -0.3 is 19.5 Å². The number of nitrogens with zero attached hydrogens (tertiary/aromatic N) is 3. The van der Waals surface area contributed by atoms with E-state index in [0.29, 0.717) is 31.3 Å². The Morgan fingerprint density at radius 1 is 1.63 bits per heavy atom. The summed E-state index contributed by atoms with van der Waals surface area (Å²) in [4.78, 5) is 21.7. The van der Waals surface area contributed by atoms with Crippen LogP contribution in [0.2, 0.25) is 0 Å². The Bertz CT molecular complexity index is 466. The predicted molar refractivity (Wildman–Crippen MR) is 67.1 cm³/mol. The Hall–Kier alpha value is -1.73. The van der Waals surface area contributed by atoms with E-state index < -0.39 is 5.97 Å². The van der Waals surface area contributed by atoms with E-state index >= 15 is 0 Å². The SMILES string of the molecule is COC(=O)c1nc(C)cc(N2CCOCC2CO)n1. The van der Waals surface area contributed by atoms with E-state index in [1.807, 2.05) is 4.90 Å². The third-order valence-electron chi connectivity index (χ3n) is 2.94. The normalized spacial score (nSPS) is 19.3. The van der Waals surface area contributed by atoms with Gasteiger partial charge in [-0.1, -0.05) is 0 Å². The second kappa shape index (κ2) is 5.94. The molecule has 2 rings (SSSR count). The third kappa shape index (κ3) is 2.99. The van der Waals surface area contributed by atoms with Crippen LogP contribution in [0.25, 0.3) is 0 Å². The number of carbonyl (C=O) groups is 1. The summed E-state index contributed by atoms with van der Waals surface area (Å²) >= 11 is 0. The Morgan fingerprint density at radius 3 is 3.11 bits per heavy atom. The minimum atomic E-state index is -0.571. The molecule has 1 fully saturated rings. The van der Waals surface area contributed by atoms with E-state index in [2.05, 4.69) is 14.7 Å². The van der Waals surface area contributed by atoms with Crippen LogP contribution in [0.4, 0.5) is 5.82 Å². The average molecular weight is 267 g/mol. The lowest BCUT2D eigenvalue weighted by molar-refractivity contribution is 0.0585. The zero-order valence-electron chi connectivity index (χ0n) is 11.0. The van der Waals surface area contributed by atoms with Crippen LogP contribution in [0.3, 0.4) is 0 Å². The van der Waals surface area contributed by atoms with Crippen molar-refractivity contribution in [3.05, 3.63) is 17.6 Å². The highest BCUT2D eigenvalue weighted by atomic mass is 16.5. The molecule has 1 aliphatic rings. The first-order valence-corrected chi connectivity index (χ1v) is 6.05. The number of carbonyl (C=O) groups excluding carboxylic acids is 1. The number of morpholine rings is 1. The molecule has 1 aliphatic heterocycles. The summed E-state index contributed by atoms with van der Waals surface area (Å²) in [5.74, 6) is 0.0645. The van der Waals surface area contributed by atoms with E-state index in [1.54, 1.807) is 13.0 Å². The highest BCUT2D eigenvalue weighted by Crippen LogP contribution is 2.18. The fraction of sp³-hybridized carbons (Fsp3) is 0.583. The van der Waals surface area contributed by atoms with Gasteiger partial charge in [0.25, 0.3) is 0 Å². The first kappa shape index (κ1) is 13.7. The molecule has 104 valence electrons. The third-order valence-corrected chi connectivity index (χ3v) is 2.94. The lowest BCUT2D eigenvalue weighted by Gasteiger charge is -2.35. The van der Waals surface area contributed by atoms with Crippen molar-refractivity contribution < 1.29 is 19.4 Å². The molecule has 0 saturated carbocycles. The number of aliphatic hydroxyl groups excluding tert-OH is 1. The van der Waals surface area contributed by atoms with Gasteiger partial charge in [-0.25, -0.2) is 14.8 Å². The first-order valence-electron chi connectivity index (χ1n) is 6.05. The standard InChI is InChI=1S/C12H17N3O4/c1-8-5-10(14-11(13-8)12(17)18-2)15-3-4-19-7-9(15)6-16/h5,9,16H,3-4,6-7H2,1-2H3. The molecule has 0 bridgehead atoms. The molecule has 0 radical (unpaired) electrons. The van der Waals surface area contributed by atoms with Gasteiger partial charge in [0, 0.05) is 18.3 Å². The zero-order valence-corrected chi connectivity index (χ0v) is 11.0. The number of methoxy groups -OCH3 is 1. The van der Waals surface area contributed by atoms with Crippen LogP contribution in [0.15, 0.2) is 6.07 Å². The summed E-state index contributed by atoms with van der Waals surface area (Å²) in [6.45, 7) is 3.37. The second-order valence-corrected chi connectivity index (χ2v) is 4.29. The van der Waals surface area contributed by atoms with Crippen LogP contribution in [0, 0.1) is 6.92 Å². The van der Waals surface area contributed by atoms with E-state index in [0.717, 1.165) is 0 Å². The maximum Gasteiger partial charge on any atom is 0.376 e. The van der Waals surface area contributed by atoms with E-state index in [1.165, 1.54) is 7.11 Å². The van der Waals surface area contributed by atoms with Gasteiger partial charge in [0.2, 0.25) is 5.82 Å². The second-order valence-electron chi connectivity index (χ2n) is 4.29. The number of aryl methyl sites for hydroxylation is 1. The molecule has 19 heavy (non-hydrogen) atoms. The van der Waals surface area contributed by atoms with Crippen LogP contribution in [-0.4, -0.2) is 60.6 Å². The van der Waals surface area contributed by atoms with Crippen molar-refractivity contribution in [1.29, 1.82) is 0 Å². The molecule has 0 spiro atoms. The van der Waals surface area contributed by atoms with Crippen LogP contribution in [0.1, 0.15) is 16.3 Å². The Balaban J connectivity index is 2.32. The molecule has 1 N–H and O–H groups in total.